The van der Waals surface area contributed by atoms with Crippen LogP contribution in [0.2, 0.25) is 0 Å². The maximum Gasteiger partial charge on any atom is 0.0175 e. The second-order valence-electron chi connectivity index (χ2n) is 3.93. The first-order chi connectivity index (χ1) is 6.79. The zero-order valence-corrected chi connectivity index (χ0v) is 10.1. The molecule has 0 spiro atoms. The van der Waals surface area contributed by atoms with Crippen molar-refractivity contribution in [3.8, 4) is 0 Å². The first kappa shape index (κ1) is 10.2. The number of hydrogen-bond acceptors (Lipinski definition) is 1. The van der Waals surface area contributed by atoms with Crippen LogP contribution in [0.25, 0.3) is 0 Å². The molecule has 1 saturated heterocycles. The minimum Gasteiger partial charge on any atom is -0.303 e. The molecule has 2 rings (SSSR count). The van der Waals surface area contributed by atoms with Crippen molar-refractivity contribution in [2.24, 2.45) is 0 Å². The topological polar surface area (TPSA) is 3.24 Å². The summed E-state index contributed by atoms with van der Waals surface area (Å²) in [5.74, 6) is 0.753. The number of rotatable bonds is 2. The third-order valence-electron chi connectivity index (χ3n) is 3.06. The molecular weight excluding hydrogens is 238 g/mol. The lowest BCUT2D eigenvalue weighted by Crippen LogP contribution is -2.19. The molecule has 0 amide bonds. The van der Waals surface area contributed by atoms with Gasteiger partial charge in [-0.05, 0) is 43.1 Å². The standard InChI is InChI=1S/C12H16BrN/c1-2-14-8-7-11(9-14)10-3-5-12(13)6-4-10/h3-6,11H,2,7-9H2,1H3/t11-/m1/s1. The van der Waals surface area contributed by atoms with Gasteiger partial charge in [0.1, 0.15) is 0 Å². The lowest BCUT2D eigenvalue weighted by molar-refractivity contribution is 0.354. The Balaban J connectivity index is 2.06. The second kappa shape index (κ2) is 4.45. The van der Waals surface area contributed by atoms with Gasteiger partial charge in [-0.1, -0.05) is 35.0 Å². The highest BCUT2D eigenvalue weighted by atomic mass is 79.9. The summed E-state index contributed by atoms with van der Waals surface area (Å²) in [7, 11) is 0. The van der Waals surface area contributed by atoms with E-state index in [1.807, 2.05) is 0 Å². The van der Waals surface area contributed by atoms with Crippen molar-refractivity contribution in [3.63, 3.8) is 0 Å². The van der Waals surface area contributed by atoms with Gasteiger partial charge in [0.05, 0.1) is 0 Å². The van der Waals surface area contributed by atoms with Gasteiger partial charge in [0.2, 0.25) is 0 Å². The fraction of sp³-hybridized carbons (Fsp3) is 0.500. The highest BCUT2D eigenvalue weighted by molar-refractivity contribution is 9.10. The third kappa shape index (κ3) is 2.18. The summed E-state index contributed by atoms with van der Waals surface area (Å²) in [6.07, 6.45) is 1.31. The van der Waals surface area contributed by atoms with Crippen molar-refractivity contribution in [2.45, 2.75) is 19.3 Å². The van der Waals surface area contributed by atoms with Crippen LogP contribution >= 0.6 is 15.9 Å². The van der Waals surface area contributed by atoms with E-state index in [0.29, 0.717) is 0 Å². The highest BCUT2D eigenvalue weighted by Gasteiger charge is 2.22. The molecule has 1 aliphatic heterocycles. The van der Waals surface area contributed by atoms with Gasteiger partial charge in [-0.25, -0.2) is 0 Å². The number of likely N-dealkylation sites (N-methyl/N-ethyl adjacent to an activating group) is 1. The SMILES string of the molecule is CCN1CC[C@@H](c2ccc(Br)cc2)C1. The normalized spacial score (nSPS) is 22.9. The first-order valence-electron chi connectivity index (χ1n) is 5.27. The Hall–Kier alpha value is -0.340. The van der Waals surface area contributed by atoms with Crippen LogP contribution in [0.4, 0.5) is 0 Å². The predicted molar refractivity (Wildman–Crippen MR) is 63.6 cm³/mol. The molecule has 0 saturated carbocycles. The predicted octanol–water partition coefficient (Wildman–Crippen LogP) is 3.26. The molecule has 0 aromatic heterocycles. The van der Waals surface area contributed by atoms with Crippen LogP contribution in [0.1, 0.15) is 24.8 Å². The summed E-state index contributed by atoms with van der Waals surface area (Å²) in [6.45, 7) is 5.92. The van der Waals surface area contributed by atoms with E-state index in [9.17, 15) is 0 Å². The van der Waals surface area contributed by atoms with Crippen molar-refractivity contribution in [2.75, 3.05) is 19.6 Å². The van der Waals surface area contributed by atoms with Crippen molar-refractivity contribution in [1.29, 1.82) is 0 Å². The summed E-state index contributed by atoms with van der Waals surface area (Å²) in [5, 5.41) is 0. The molecule has 1 aliphatic rings. The molecule has 0 unspecified atom stereocenters. The zero-order chi connectivity index (χ0) is 9.97. The molecule has 0 radical (unpaired) electrons. The van der Waals surface area contributed by atoms with Crippen molar-refractivity contribution in [3.05, 3.63) is 34.3 Å². The van der Waals surface area contributed by atoms with Crippen LogP contribution in [0.15, 0.2) is 28.7 Å². The molecule has 14 heavy (non-hydrogen) atoms. The minimum atomic E-state index is 0.753. The number of likely N-dealkylation sites (tertiary alicyclic amines) is 1. The Labute approximate surface area is 94.2 Å². The summed E-state index contributed by atoms with van der Waals surface area (Å²) < 4.78 is 1.17. The maximum atomic E-state index is 3.47. The molecule has 1 nitrogen and oxygen atoms in total. The molecule has 1 aromatic carbocycles. The molecule has 0 aliphatic carbocycles. The monoisotopic (exact) mass is 253 g/mol. The molecule has 1 atom stereocenters. The highest BCUT2D eigenvalue weighted by Crippen LogP contribution is 2.27. The van der Waals surface area contributed by atoms with E-state index in [-0.39, 0.29) is 0 Å². The number of benzene rings is 1. The fourth-order valence-corrected chi connectivity index (χ4v) is 2.39. The van der Waals surface area contributed by atoms with E-state index in [1.54, 1.807) is 0 Å². The Morgan fingerprint density at radius 3 is 2.64 bits per heavy atom. The van der Waals surface area contributed by atoms with Gasteiger partial charge in [-0.3, -0.25) is 0 Å². The van der Waals surface area contributed by atoms with Crippen molar-refractivity contribution in [1.82, 2.24) is 4.90 Å². The van der Waals surface area contributed by atoms with Crippen LogP contribution in [-0.4, -0.2) is 24.5 Å². The van der Waals surface area contributed by atoms with Gasteiger partial charge < -0.3 is 4.90 Å². The van der Waals surface area contributed by atoms with Crippen molar-refractivity contribution < 1.29 is 0 Å². The first-order valence-corrected chi connectivity index (χ1v) is 6.06. The average molecular weight is 254 g/mol. The fourth-order valence-electron chi connectivity index (χ4n) is 2.13. The third-order valence-corrected chi connectivity index (χ3v) is 3.59. The molecular formula is C12H16BrN. The summed E-state index contributed by atoms with van der Waals surface area (Å²) in [5.41, 5.74) is 1.49. The summed E-state index contributed by atoms with van der Waals surface area (Å²) >= 11 is 3.47. The van der Waals surface area contributed by atoms with Gasteiger partial charge in [0, 0.05) is 11.0 Å². The Kier molecular flexibility index (Phi) is 3.24. The van der Waals surface area contributed by atoms with E-state index in [0.717, 1.165) is 5.92 Å². The summed E-state index contributed by atoms with van der Waals surface area (Å²) in [6, 6.07) is 8.77. The van der Waals surface area contributed by atoms with E-state index in [2.05, 4.69) is 52.0 Å². The molecule has 0 N–H and O–H groups in total. The quantitative estimate of drug-likeness (QED) is 0.783. The van der Waals surface area contributed by atoms with Crippen LogP contribution < -0.4 is 0 Å². The van der Waals surface area contributed by atoms with Crippen LogP contribution in [0, 0.1) is 0 Å². The minimum absolute atomic E-state index is 0.753. The van der Waals surface area contributed by atoms with E-state index >= 15 is 0 Å². The second-order valence-corrected chi connectivity index (χ2v) is 4.85. The Bertz CT molecular complexity index is 294. The molecule has 1 fully saturated rings. The lowest BCUT2D eigenvalue weighted by Gasteiger charge is -2.13. The van der Waals surface area contributed by atoms with Crippen LogP contribution in [0.3, 0.4) is 0 Å². The molecule has 1 heterocycles. The smallest absolute Gasteiger partial charge is 0.0175 e. The van der Waals surface area contributed by atoms with E-state index in [4.69, 9.17) is 0 Å². The molecule has 0 bridgehead atoms. The number of halogens is 1. The van der Waals surface area contributed by atoms with Crippen LogP contribution in [0.5, 0.6) is 0 Å². The summed E-state index contributed by atoms with van der Waals surface area (Å²) in [4.78, 5) is 2.52. The van der Waals surface area contributed by atoms with Gasteiger partial charge >= 0.3 is 0 Å². The van der Waals surface area contributed by atoms with Gasteiger partial charge in [-0.15, -0.1) is 0 Å². The van der Waals surface area contributed by atoms with Gasteiger partial charge in [0.15, 0.2) is 0 Å². The van der Waals surface area contributed by atoms with Crippen LogP contribution in [-0.2, 0) is 0 Å². The van der Waals surface area contributed by atoms with Gasteiger partial charge in [0.25, 0.3) is 0 Å². The number of nitrogens with zero attached hydrogens (tertiary/aromatic N) is 1. The number of hydrogen-bond donors (Lipinski definition) is 0. The lowest BCUT2D eigenvalue weighted by atomic mass is 9.99. The molecule has 1 aromatic rings. The average Bonchev–Trinajstić information content (AvgIpc) is 2.67. The Morgan fingerprint density at radius 2 is 2.07 bits per heavy atom. The van der Waals surface area contributed by atoms with E-state index < -0.39 is 0 Å². The zero-order valence-electron chi connectivity index (χ0n) is 8.54. The largest absolute Gasteiger partial charge is 0.303 e. The maximum absolute atomic E-state index is 3.47. The molecule has 2 heteroatoms. The molecule has 76 valence electrons. The Morgan fingerprint density at radius 1 is 1.36 bits per heavy atom. The van der Waals surface area contributed by atoms with Gasteiger partial charge in [-0.2, -0.15) is 0 Å². The van der Waals surface area contributed by atoms with Crippen molar-refractivity contribution >= 4 is 15.9 Å². The van der Waals surface area contributed by atoms with E-state index in [1.165, 1.54) is 36.1 Å².